The zero-order chi connectivity index (χ0) is 15.4. The Labute approximate surface area is 124 Å². The Bertz CT molecular complexity index is 300. The quantitative estimate of drug-likeness (QED) is 0.821. The largest absolute Gasteiger partial charge is 0.384 e. The molecule has 116 valence electrons. The molecule has 1 heterocycles. The second-order valence-corrected chi connectivity index (χ2v) is 5.21. The Morgan fingerprint density at radius 1 is 1.00 bits per heavy atom. The minimum absolute atomic E-state index is 0.0625. The molecule has 0 N–H and O–H groups in total. The highest BCUT2D eigenvalue weighted by molar-refractivity contribution is 5.19. The summed E-state index contributed by atoms with van der Waals surface area (Å²) >= 11 is 0. The molecule has 1 aromatic carbocycles. The standard InChI is InChI=1S/C8H10.C7H14O3.C2H6/c1-7-3-5-8(2)6-4-7;1-7(3-8-2)4-9-6-10-5-7;1-2/h3-6H,1-2H3;3-6H2,1-2H3;1-2H3. The van der Waals surface area contributed by atoms with Crippen LogP contribution in [0.15, 0.2) is 24.3 Å². The summed E-state index contributed by atoms with van der Waals surface area (Å²) in [6, 6.07) is 8.48. The number of hydrogen-bond acceptors (Lipinski definition) is 3. The van der Waals surface area contributed by atoms with Gasteiger partial charge in [0, 0.05) is 12.5 Å². The van der Waals surface area contributed by atoms with Crippen molar-refractivity contribution in [1.29, 1.82) is 0 Å². The molecule has 1 saturated heterocycles. The van der Waals surface area contributed by atoms with Crippen molar-refractivity contribution in [1.82, 2.24) is 0 Å². The first-order valence-electron chi connectivity index (χ1n) is 7.23. The van der Waals surface area contributed by atoms with Crippen molar-refractivity contribution >= 4 is 0 Å². The Kier molecular flexibility index (Phi) is 10.3. The summed E-state index contributed by atoms with van der Waals surface area (Å²) in [7, 11) is 1.69. The van der Waals surface area contributed by atoms with Crippen molar-refractivity contribution in [3.05, 3.63) is 35.4 Å². The second kappa shape index (κ2) is 10.8. The third kappa shape index (κ3) is 8.31. The molecule has 1 aromatic rings. The monoisotopic (exact) mass is 282 g/mol. The molecular weight excluding hydrogens is 252 g/mol. The lowest BCUT2D eigenvalue weighted by atomic mass is 9.94. The fourth-order valence-corrected chi connectivity index (χ4v) is 1.75. The zero-order valence-electron chi connectivity index (χ0n) is 13.9. The number of benzene rings is 1. The summed E-state index contributed by atoms with van der Waals surface area (Å²) in [5.74, 6) is 0. The average Bonchev–Trinajstić information content (AvgIpc) is 2.46. The van der Waals surface area contributed by atoms with Crippen LogP contribution in [0.2, 0.25) is 0 Å². The lowest BCUT2D eigenvalue weighted by Crippen LogP contribution is -2.38. The maximum atomic E-state index is 5.14. The van der Waals surface area contributed by atoms with Crippen molar-refractivity contribution in [2.24, 2.45) is 5.41 Å². The van der Waals surface area contributed by atoms with E-state index in [9.17, 15) is 0 Å². The van der Waals surface area contributed by atoms with Crippen molar-refractivity contribution in [2.75, 3.05) is 33.7 Å². The number of hydrogen-bond donors (Lipinski definition) is 0. The molecule has 2 rings (SSSR count). The molecule has 3 heteroatoms. The van der Waals surface area contributed by atoms with E-state index in [0.29, 0.717) is 13.4 Å². The van der Waals surface area contributed by atoms with Crippen LogP contribution in [0.5, 0.6) is 0 Å². The first-order valence-corrected chi connectivity index (χ1v) is 7.23. The molecule has 20 heavy (non-hydrogen) atoms. The van der Waals surface area contributed by atoms with Gasteiger partial charge in [-0.2, -0.15) is 0 Å². The molecule has 3 nitrogen and oxygen atoms in total. The van der Waals surface area contributed by atoms with Crippen LogP contribution in [-0.2, 0) is 14.2 Å². The van der Waals surface area contributed by atoms with Crippen LogP contribution in [0, 0.1) is 19.3 Å². The smallest absolute Gasteiger partial charge is 0.146 e. The lowest BCUT2D eigenvalue weighted by molar-refractivity contribution is -0.172. The fourth-order valence-electron chi connectivity index (χ4n) is 1.75. The van der Waals surface area contributed by atoms with Gasteiger partial charge in [-0.05, 0) is 13.8 Å². The average molecular weight is 282 g/mol. The normalized spacial score (nSPS) is 16.3. The Morgan fingerprint density at radius 3 is 1.75 bits per heavy atom. The van der Waals surface area contributed by atoms with Crippen LogP contribution in [0.3, 0.4) is 0 Å². The van der Waals surface area contributed by atoms with Gasteiger partial charge in [-0.15, -0.1) is 0 Å². The predicted molar refractivity (Wildman–Crippen MR) is 84.0 cm³/mol. The molecule has 1 aliphatic heterocycles. The van der Waals surface area contributed by atoms with E-state index >= 15 is 0 Å². The van der Waals surface area contributed by atoms with Gasteiger partial charge in [0.05, 0.1) is 19.8 Å². The maximum Gasteiger partial charge on any atom is 0.146 e. The minimum atomic E-state index is 0.0625. The van der Waals surface area contributed by atoms with E-state index in [2.05, 4.69) is 45.0 Å². The van der Waals surface area contributed by atoms with Gasteiger partial charge < -0.3 is 14.2 Å². The highest BCUT2D eigenvalue weighted by Gasteiger charge is 2.28. The number of rotatable bonds is 2. The van der Waals surface area contributed by atoms with E-state index in [0.717, 1.165) is 13.2 Å². The first-order chi connectivity index (χ1) is 9.56. The molecule has 1 fully saturated rings. The van der Waals surface area contributed by atoms with Crippen LogP contribution < -0.4 is 0 Å². The fraction of sp³-hybridized carbons (Fsp3) is 0.647. The highest BCUT2D eigenvalue weighted by Crippen LogP contribution is 2.20. The Morgan fingerprint density at radius 2 is 1.40 bits per heavy atom. The van der Waals surface area contributed by atoms with Crippen molar-refractivity contribution < 1.29 is 14.2 Å². The summed E-state index contributed by atoms with van der Waals surface area (Å²) in [4.78, 5) is 0. The van der Waals surface area contributed by atoms with Gasteiger partial charge in [-0.1, -0.05) is 56.2 Å². The molecule has 0 amide bonds. The van der Waals surface area contributed by atoms with Gasteiger partial charge in [0.1, 0.15) is 6.79 Å². The highest BCUT2D eigenvalue weighted by atomic mass is 16.7. The van der Waals surface area contributed by atoms with Crippen molar-refractivity contribution in [2.45, 2.75) is 34.6 Å². The van der Waals surface area contributed by atoms with Gasteiger partial charge >= 0.3 is 0 Å². The molecule has 0 saturated carbocycles. The molecule has 1 aliphatic rings. The Balaban J connectivity index is 0.000000327. The molecule has 0 atom stereocenters. The van der Waals surface area contributed by atoms with Crippen molar-refractivity contribution in [3.63, 3.8) is 0 Å². The third-order valence-electron chi connectivity index (χ3n) is 2.78. The number of aryl methyl sites for hydroxylation is 2. The van der Waals surface area contributed by atoms with E-state index in [1.54, 1.807) is 7.11 Å². The minimum Gasteiger partial charge on any atom is -0.384 e. The molecule has 0 bridgehead atoms. The summed E-state index contributed by atoms with van der Waals surface area (Å²) in [5, 5.41) is 0. The Hall–Kier alpha value is -0.900. The summed E-state index contributed by atoms with van der Waals surface area (Å²) in [5.41, 5.74) is 2.72. The summed E-state index contributed by atoms with van der Waals surface area (Å²) in [6.07, 6.45) is 0. The van der Waals surface area contributed by atoms with Crippen LogP contribution in [0.25, 0.3) is 0 Å². The zero-order valence-corrected chi connectivity index (χ0v) is 13.9. The number of ether oxygens (including phenoxy) is 3. The summed E-state index contributed by atoms with van der Waals surface area (Å²) in [6.45, 7) is 12.9. The maximum absolute atomic E-state index is 5.14. The van der Waals surface area contributed by atoms with Crippen LogP contribution in [0.1, 0.15) is 31.9 Å². The van der Waals surface area contributed by atoms with Crippen LogP contribution >= 0.6 is 0 Å². The van der Waals surface area contributed by atoms with E-state index in [1.807, 2.05) is 13.8 Å². The second-order valence-electron chi connectivity index (χ2n) is 5.21. The van der Waals surface area contributed by atoms with Crippen LogP contribution in [0.4, 0.5) is 0 Å². The number of methoxy groups -OCH3 is 1. The SMILES string of the molecule is CC.COCC1(C)COCOC1.Cc1ccc(C)cc1. The molecule has 0 aliphatic carbocycles. The predicted octanol–water partition coefficient (Wildman–Crippen LogP) is 3.97. The topological polar surface area (TPSA) is 27.7 Å². The third-order valence-corrected chi connectivity index (χ3v) is 2.78. The first kappa shape index (κ1) is 19.1. The molecule has 0 unspecified atom stereocenters. The van der Waals surface area contributed by atoms with E-state index in [4.69, 9.17) is 14.2 Å². The molecule has 0 aromatic heterocycles. The van der Waals surface area contributed by atoms with E-state index in [-0.39, 0.29) is 5.41 Å². The van der Waals surface area contributed by atoms with Gasteiger partial charge in [-0.3, -0.25) is 0 Å². The van der Waals surface area contributed by atoms with Crippen molar-refractivity contribution in [3.8, 4) is 0 Å². The van der Waals surface area contributed by atoms with Gasteiger partial charge in [0.2, 0.25) is 0 Å². The molecule has 0 spiro atoms. The lowest BCUT2D eigenvalue weighted by Gasteiger charge is -2.32. The van der Waals surface area contributed by atoms with Gasteiger partial charge in [-0.25, -0.2) is 0 Å². The van der Waals surface area contributed by atoms with E-state index < -0.39 is 0 Å². The molecular formula is C17H30O3. The summed E-state index contributed by atoms with van der Waals surface area (Å²) < 4.78 is 15.3. The van der Waals surface area contributed by atoms with Crippen LogP contribution in [-0.4, -0.2) is 33.7 Å². The van der Waals surface area contributed by atoms with Gasteiger partial charge in [0.15, 0.2) is 0 Å². The van der Waals surface area contributed by atoms with E-state index in [1.165, 1.54) is 11.1 Å². The van der Waals surface area contributed by atoms with Gasteiger partial charge in [0.25, 0.3) is 0 Å². The molecule has 0 radical (unpaired) electrons.